The number of ether oxygens (including phenoxy) is 2. The predicted molar refractivity (Wildman–Crippen MR) is 106 cm³/mol. The molecule has 0 aliphatic carbocycles. The van der Waals surface area contributed by atoms with Crippen LogP contribution >= 0.6 is 0 Å². The molecule has 0 atom stereocenters. The van der Waals surface area contributed by atoms with Crippen molar-refractivity contribution in [3.8, 4) is 22.9 Å². The molecule has 0 radical (unpaired) electrons. The minimum atomic E-state index is -0.289. The van der Waals surface area contributed by atoms with Crippen molar-refractivity contribution in [2.45, 2.75) is 33.4 Å². The molecular formula is C22H24FN3O3. The van der Waals surface area contributed by atoms with Crippen LogP contribution in [0.4, 0.5) is 4.39 Å². The van der Waals surface area contributed by atoms with Gasteiger partial charge in [-0.05, 0) is 67.8 Å². The average Bonchev–Trinajstić information content (AvgIpc) is 3.18. The van der Waals surface area contributed by atoms with Gasteiger partial charge in [0, 0.05) is 18.7 Å². The van der Waals surface area contributed by atoms with E-state index in [1.807, 2.05) is 13.8 Å². The van der Waals surface area contributed by atoms with E-state index in [0.29, 0.717) is 31.5 Å². The monoisotopic (exact) mass is 397 g/mol. The molecule has 1 aliphatic rings. The van der Waals surface area contributed by atoms with Gasteiger partial charge in [-0.15, -0.1) is 0 Å². The van der Waals surface area contributed by atoms with E-state index in [2.05, 4.69) is 27.2 Å². The summed E-state index contributed by atoms with van der Waals surface area (Å²) < 4.78 is 30.0. The van der Waals surface area contributed by atoms with E-state index < -0.39 is 0 Å². The Morgan fingerprint density at radius 1 is 1.03 bits per heavy atom. The molecule has 0 saturated carbocycles. The number of hydrogen-bond donors (Lipinski definition) is 0. The maximum absolute atomic E-state index is 13.1. The molecular weight excluding hydrogens is 373 g/mol. The largest absolute Gasteiger partial charge is 0.490 e. The zero-order valence-electron chi connectivity index (χ0n) is 16.7. The normalized spacial score (nSPS) is 13.9. The molecule has 1 aromatic heterocycles. The lowest BCUT2D eigenvalue weighted by atomic mass is 9.99. The summed E-state index contributed by atoms with van der Waals surface area (Å²) in [6, 6.07) is 10.2. The Bertz CT molecular complexity index is 972. The quantitative estimate of drug-likeness (QED) is 0.595. The first-order valence-corrected chi connectivity index (χ1v) is 9.88. The summed E-state index contributed by atoms with van der Waals surface area (Å²) in [4.78, 5) is 6.72. The van der Waals surface area contributed by atoms with Crippen LogP contribution in [0.2, 0.25) is 0 Å². The highest BCUT2D eigenvalue weighted by atomic mass is 19.1. The lowest BCUT2D eigenvalue weighted by Gasteiger charge is -2.28. The van der Waals surface area contributed by atoms with Crippen LogP contribution in [0.15, 0.2) is 40.9 Å². The molecule has 1 aliphatic heterocycles. The van der Waals surface area contributed by atoms with Gasteiger partial charge in [-0.25, -0.2) is 4.39 Å². The molecule has 2 heterocycles. The number of nitrogens with zero attached hydrogens (tertiary/aromatic N) is 3. The molecule has 152 valence electrons. The van der Waals surface area contributed by atoms with E-state index in [0.717, 1.165) is 36.6 Å². The number of rotatable bonds is 7. The summed E-state index contributed by atoms with van der Waals surface area (Å²) in [7, 11) is 0. The number of fused-ring (bicyclic) bond motifs is 1. The van der Waals surface area contributed by atoms with E-state index in [9.17, 15) is 4.39 Å². The Balaban J connectivity index is 1.47. The lowest BCUT2D eigenvalue weighted by molar-refractivity contribution is 0.209. The Morgan fingerprint density at radius 3 is 2.41 bits per heavy atom. The predicted octanol–water partition coefficient (Wildman–Crippen LogP) is 4.23. The van der Waals surface area contributed by atoms with Crippen LogP contribution in [0.1, 0.15) is 30.9 Å². The maximum Gasteiger partial charge on any atom is 0.241 e. The fourth-order valence-corrected chi connectivity index (χ4v) is 3.52. The molecule has 7 heteroatoms. The zero-order valence-corrected chi connectivity index (χ0v) is 16.7. The van der Waals surface area contributed by atoms with Crippen molar-refractivity contribution in [1.82, 2.24) is 15.0 Å². The van der Waals surface area contributed by atoms with Gasteiger partial charge < -0.3 is 14.0 Å². The van der Waals surface area contributed by atoms with Crippen LogP contribution in [-0.2, 0) is 19.5 Å². The van der Waals surface area contributed by atoms with Crippen LogP contribution in [0, 0.1) is 5.82 Å². The van der Waals surface area contributed by atoms with Gasteiger partial charge in [0.2, 0.25) is 11.7 Å². The van der Waals surface area contributed by atoms with Gasteiger partial charge in [0.15, 0.2) is 11.5 Å². The number of halogens is 1. The van der Waals surface area contributed by atoms with Gasteiger partial charge >= 0.3 is 0 Å². The SMILES string of the molecule is CCOc1cc2c(cc1OCC)CN(Cc1nc(-c3ccc(F)cc3)no1)CC2. The van der Waals surface area contributed by atoms with Crippen molar-refractivity contribution in [3.05, 3.63) is 59.2 Å². The third-order valence-corrected chi connectivity index (χ3v) is 4.89. The first-order valence-electron chi connectivity index (χ1n) is 9.88. The summed E-state index contributed by atoms with van der Waals surface area (Å²) in [5.41, 5.74) is 3.24. The second-order valence-electron chi connectivity index (χ2n) is 6.91. The van der Waals surface area contributed by atoms with Crippen LogP contribution < -0.4 is 9.47 Å². The minimum Gasteiger partial charge on any atom is -0.490 e. The highest BCUT2D eigenvalue weighted by Gasteiger charge is 2.21. The summed E-state index contributed by atoms with van der Waals surface area (Å²) in [5.74, 6) is 2.32. The first kappa shape index (κ1) is 19.4. The van der Waals surface area contributed by atoms with E-state index >= 15 is 0 Å². The van der Waals surface area contributed by atoms with E-state index in [4.69, 9.17) is 14.0 Å². The van der Waals surface area contributed by atoms with E-state index in [1.54, 1.807) is 12.1 Å². The molecule has 0 N–H and O–H groups in total. The van der Waals surface area contributed by atoms with Crippen LogP contribution in [0.25, 0.3) is 11.4 Å². The second-order valence-corrected chi connectivity index (χ2v) is 6.91. The standard InChI is InChI=1S/C22H24FN3O3/c1-3-27-19-11-16-9-10-26(13-17(16)12-20(19)28-4-2)14-21-24-22(25-29-21)15-5-7-18(23)8-6-15/h5-8,11-12H,3-4,9-10,13-14H2,1-2H3. The minimum absolute atomic E-state index is 0.289. The third kappa shape index (κ3) is 4.40. The number of benzene rings is 2. The lowest BCUT2D eigenvalue weighted by Crippen LogP contribution is -2.30. The summed E-state index contributed by atoms with van der Waals surface area (Å²) in [5, 5.41) is 4.02. The second kappa shape index (κ2) is 8.61. The molecule has 0 unspecified atom stereocenters. The molecule has 0 bridgehead atoms. The first-order chi connectivity index (χ1) is 14.2. The van der Waals surface area contributed by atoms with E-state index in [1.165, 1.54) is 23.3 Å². The molecule has 0 fully saturated rings. The molecule has 0 saturated heterocycles. The summed E-state index contributed by atoms with van der Waals surface area (Å²) in [6.45, 7) is 7.37. The van der Waals surface area contributed by atoms with Gasteiger partial charge in [-0.3, -0.25) is 4.90 Å². The molecule has 4 rings (SSSR count). The van der Waals surface area contributed by atoms with Crippen molar-refractivity contribution >= 4 is 0 Å². The molecule has 3 aromatic rings. The van der Waals surface area contributed by atoms with E-state index in [-0.39, 0.29) is 5.82 Å². The van der Waals surface area contributed by atoms with Gasteiger partial charge in [0.1, 0.15) is 5.82 Å². The van der Waals surface area contributed by atoms with Gasteiger partial charge in [0.25, 0.3) is 0 Å². The topological polar surface area (TPSA) is 60.6 Å². The highest BCUT2D eigenvalue weighted by Crippen LogP contribution is 2.34. The molecule has 2 aromatic carbocycles. The van der Waals surface area contributed by atoms with Gasteiger partial charge in [-0.1, -0.05) is 5.16 Å². The van der Waals surface area contributed by atoms with Crippen LogP contribution in [0.3, 0.4) is 0 Å². The van der Waals surface area contributed by atoms with Crippen LogP contribution in [-0.4, -0.2) is 34.8 Å². The zero-order chi connectivity index (χ0) is 20.2. The Labute approximate surface area is 169 Å². The van der Waals surface area contributed by atoms with Crippen molar-refractivity contribution < 1.29 is 18.4 Å². The Hall–Kier alpha value is -2.93. The molecule has 0 spiro atoms. The molecule has 29 heavy (non-hydrogen) atoms. The summed E-state index contributed by atoms with van der Waals surface area (Å²) in [6.07, 6.45) is 0.917. The van der Waals surface area contributed by atoms with Crippen LogP contribution in [0.5, 0.6) is 11.5 Å². The fourth-order valence-electron chi connectivity index (χ4n) is 3.52. The van der Waals surface area contributed by atoms with Crippen molar-refractivity contribution in [3.63, 3.8) is 0 Å². The highest BCUT2D eigenvalue weighted by molar-refractivity contribution is 5.53. The summed E-state index contributed by atoms with van der Waals surface area (Å²) >= 11 is 0. The smallest absolute Gasteiger partial charge is 0.241 e. The number of aromatic nitrogens is 2. The Morgan fingerprint density at radius 2 is 1.72 bits per heavy atom. The van der Waals surface area contributed by atoms with Gasteiger partial charge in [0.05, 0.1) is 19.8 Å². The van der Waals surface area contributed by atoms with Crippen molar-refractivity contribution in [1.29, 1.82) is 0 Å². The van der Waals surface area contributed by atoms with Crippen molar-refractivity contribution in [2.24, 2.45) is 0 Å². The Kier molecular flexibility index (Phi) is 5.76. The van der Waals surface area contributed by atoms with Crippen molar-refractivity contribution in [2.75, 3.05) is 19.8 Å². The maximum atomic E-state index is 13.1. The molecule has 6 nitrogen and oxygen atoms in total. The fraction of sp³-hybridized carbons (Fsp3) is 0.364. The number of hydrogen-bond acceptors (Lipinski definition) is 6. The van der Waals surface area contributed by atoms with Gasteiger partial charge in [-0.2, -0.15) is 4.98 Å². The third-order valence-electron chi connectivity index (χ3n) is 4.89. The molecule has 0 amide bonds. The average molecular weight is 397 g/mol.